The zero-order chi connectivity index (χ0) is 20.8. The van der Waals surface area contributed by atoms with Crippen LogP contribution in [0.15, 0.2) is 42.5 Å². The van der Waals surface area contributed by atoms with E-state index in [1.165, 1.54) is 6.92 Å². The SMILES string of the molecule is CCN(Cc1cccc2c1OCCO2)C(=O)CC(NC(C)=O)c1ccc(Cl)cc1. The first kappa shape index (κ1) is 21.0. The number of benzene rings is 2. The highest BCUT2D eigenvalue weighted by Gasteiger charge is 2.23. The lowest BCUT2D eigenvalue weighted by Crippen LogP contribution is -2.35. The minimum Gasteiger partial charge on any atom is -0.486 e. The Bertz CT molecular complexity index is 870. The molecule has 1 unspecified atom stereocenters. The van der Waals surface area contributed by atoms with Gasteiger partial charge in [-0.15, -0.1) is 0 Å². The Hall–Kier alpha value is -2.73. The van der Waals surface area contributed by atoms with Crippen LogP contribution in [-0.2, 0) is 16.1 Å². The number of para-hydroxylation sites is 1. The van der Waals surface area contributed by atoms with Crippen LogP contribution < -0.4 is 14.8 Å². The van der Waals surface area contributed by atoms with Crippen molar-refractivity contribution in [1.82, 2.24) is 10.2 Å². The molecule has 2 aromatic carbocycles. The van der Waals surface area contributed by atoms with E-state index in [1.54, 1.807) is 17.0 Å². The third kappa shape index (κ3) is 5.41. The number of nitrogens with one attached hydrogen (secondary N) is 1. The van der Waals surface area contributed by atoms with E-state index < -0.39 is 6.04 Å². The summed E-state index contributed by atoms with van der Waals surface area (Å²) in [6, 6.07) is 12.4. The fourth-order valence-electron chi connectivity index (χ4n) is 3.34. The zero-order valence-electron chi connectivity index (χ0n) is 16.6. The Balaban J connectivity index is 1.75. The second-order valence-electron chi connectivity index (χ2n) is 6.86. The first-order valence-electron chi connectivity index (χ1n) is 9.65. The summed E-state index contributed by atoms with van der Waals surface area (Å²) in [4.78, 5) is 26.5. The van der Waals surface area contributed by atoms with Crippen LogP contribution in [0.4, 0.5) is 0 Å². The molecular weight excluding hydrogens is 392 g/mol. The highest BCUT2D eigenvalue weighted by molar-refractivity contribution is 6.30. The van der Waals surface area contributed by atoms with Crippen LogP contribution in [0.3, 0.4) is 0 Å². The normalized spacial score (nSPS) is 13.5. The number of nitrogens with zero attached hydrogens (tertiary/aromatic N) is 1. The van der Waals surface area contributed by atoms with E-state index in [-0.39, 0.29) is 18.2 Å². The molecule has 0 saturated carbocycles. The second-order valence-corrected chi connectivity index (χ2v) is 7.29. The number of amides is 2. The van der Waals surface area contributed by atoms with Crippen LogP contribution in [-0.4, -0.2) is 36.5 Å². The van der Waals surface area contributed by atoms with E-state index in [9.17, 15) is 9.59 Å². The highest BCUT2D eigenvalue weighted by Crippen LogP contribution is 2.34. The number of fused-ring (bicyclic) bond motifs is 1. The predicted molar refractivity (Wildman–Crippen MR) is 111 cm³/mol. The molecule has 1 aliphatic rings. The topological polar surface area (TPSA) is 67.9 Å². The summed E-state index contributed by atoms with van der Waals surface area (Å²) in [5, 5.41) is 3.47. The minimum atomic E-state index is -0.421. The van der Waals surface area contributed by atoms with E-state index in [1.807, 2.05) is 37.3 Å². The Morgan fingerprint density at radius 2 is 1.86 bits per heavy atom. The summed E-state index contributed by atoms with van der Waals surface area (Å²) >= 11 is 5.96. The molecular formula is C22H25ClN2O4. The molecule has 1 aliphatic heterocycles. The van der Waals surface area contributed by atoms with Gasteiger partial charge in [0.1, 0.15) is 13.2 Å². The van der Waals surface area contributed by atoms with Crippen molar-refractivity contribution >= 4 is 23.4 Å². The van der Waals surface area contributed by atoms with Gasteiger partial charge in [-0.25, -0.2) is 0 Å². The maximum atomic E-state index is 13.1. The molecule has 0 fully saturated rings. The maximum Gasteiger partial charge on any atom is 0.225 e. The number of carbonyl (C=O) groups is 2. The van der Waals surface area contributed by atoms with Gasteiger partial charge in [0.05, 0.1) is 12.5 Å². The van der Waals surface area contributed by atoms with Gasteiger partial charge in [0.25, 0.3) is 0 Å². The third-order valence-electron chi connectivity index (χ3n) is 4.77. The van der Waals surface area contributed by atoms with Gasteiger partial charge in [-0.2, -0.15) is 0 Å². The van der Waals surface area contributed by atoms with Crippen molar-refractivity contribution in [2.45, 2.75) is 32.9 Å². The van der Waals surface area contributed by atoms with Crippen molar-refractivity contribution in [3.05, 3.63) is 58.6 Å². The molecule has 6 nitrogen and oxygen atoms in total. The van der Waals surface area contributed by atoms with Gasteiger partial charge in [0, 0.05) is 30.6 Å². The van der Waals surface area contributed by atoms with Crippen LogP contribution in [0.5, 0.6) is 11.5 Å². The van der Waals surface area contributed by atoms with Gasteiger partial charge in [-0.3, -0.25) is 9.59 Å². The van der Waals surface area contributed by atoms with Crippen molar-refractivity contribution in [3.8, 4) is 11.5 Å². The largest absolute Gasteiger partial charge is 0.486 e. The lowest BCUT2D eigenvalue weighted by atomic mass is 10.0. The summed E-state index contributed by atoms with van der Waals surface area (Å²) in [7, 11) is 0. The molecule has 3 rings (SSSR count). The number of carbonyl (C=O) groups excluding carboxylic acids is 2. The molecule has 29 heavy (non-hydrogen) atoms. The Morgan fingerprint density at radius 3 is 2.55 bits per heavy atom. The van der Waals surface area contributed by atoms with Gasteiger partial charge in [-0.05, 0) is 30.7 Å². The molecule has 2 aromatic rings. The van der Waals surface area contributed by atoms with Crippen molar-refractivity contribution in [3.63, 3.8) is 0 Å². The van der Waals surface area contributed by atoms with Crippen LogP contribution in [0, 0.1) is 0 Å². The Labute approximate surface area is 175 Å². The monoisotopic (exact) mass is 416 g/mol. The predicted octanol–water partition coefficient (Wildman–Crippen LogP) is 3.73. The summed E-state index contributed by atoms with van der Waals surface area (Å²) in [6.07, 6.45) is 0.154. The van der Waals surface area contributed by atoms with Crippen molar-refractivity contribution in [2.75, 3.05) is 19.8 Å². The number of rotatable bonds is 7. The average molecular weight is 417 g/mol. The van der Waals surface area contributed by atoms with E-state index in [2.05, 4.69) is 5.32 Å². The molecule has 1 atom stereocenters. The van der Waals surface area contributed by atoms with E-state index in [0.29, 0.717) is 42.8 Å². The quantitative estimate of drug-likeness (QED) is 0.746. The lowest BCUT2D eigenvalue weighted by Gasteiger charge is -2.27. The zero-order valence-corrected chi connectivity index (χ0v) is 17.4. The van der Waals surface area contributed by atoms with Crippen LogP contribution in [0.2, 0.25) is 5.02 Å². The number of hydrogen-bond acceptors (Lipinski definition) is 4. The van der Waals surface area contributed by atoms with E-state index in [4.69, 9.17) is 21.1 Å². The number of ether oxygens (including phenoxy) is 2. The molecule has 1 N–H and O–H groups in total. The molecule has 0 spiro atoms. The van der Waals surface area contributed by atoms with Gasteiger partial charge in [-0.1, -0.05) is 35.9 Å². The Kier molecular flexibility index (Phi) is 6.99. The lowest BCUT2D eigenvalue weighted by molar-refractivity contribution is -0.132. The molecule has 0 aliphatic carbocycles. The van der Waals surface area contributed by atoms with E-state index in [0.717, 1.165) is 11.1 Å². The Morgan fingerprint density at radius 1 is 1.14 bits per heavy atom. The van der Waals surface area contributed by atoms with E-state index >= 15 is 0 Å². The van der Waals surface area contributed by atoms with Crippen LogP contribution in [0.1, 0.15) is 37.4 Å². The molecule has 1 heterocycles. The first-order valence-corrected chi connectivity index (χ1v) is 10.0. The van der Waals surface area contributed by atoms with Crippen molar-refractivity contribution in [2.24, 2.45) is 0 Å². The fourth-order valence-corrected chi connectivity index (χ4v) is 3.46. The number of hydrogen-bond donors (Lipinski definition) is 1. The summed E-state index contributed by atoms with van der Waals surface area (Å²) in [5.41, 5.74) is 1.74. The van der Waals surface area contributed by atoms with Gasteiger partial charge in [0.15, 0.2) is 11.5 Å². The standard InChI is InChI=1S/C22H25ClN2O4/c1-3-25(14-17-5-4-6-20-22(17)29-12-11-28-20)21(27)13-19(24-15(2)26)16-7-9-18(23)10-8-16/h4-10,19H,3,11-14H2,1-2H3,(H,24,26). The van der Waals surface area contributed by atoms with Crippen molar-refractivity contribution < 1.29 is 19.1 Å². The highest BCUT2D eigenvalue weighted by atomic mass is 35.5. The summed E-state index contributed by atoms with van der Waals surface area (Å²) in [5.74, 6) is 1.15. The molecule has 2 amide bonds. The first-order chi connectivity index (χ1) is 14.0. The minimum absolute atomic E-state index is 0.0597. The average Bonchev–Trinajstić information content (AvgIpc) is 2.71. The number of halogens is 1. The van der Waals surface area contributed by atoms with Gasteiger partial charge in [0.2, 0.25) is 11.8 Å². The molecule has 7 heteroatoms. The van der Waals surface area contributed by atoms with Gasteiger partial charge >= 0.3 is 0 Å². The van der Waals surface area contributed by atoms with Crippen LogP contribution in [0.25, 0.3) is 0 Å². The molecule has 0 bridgehead atoms. The second kappa shape index (κ2) is 9.65. The summed E-state index contributed by atoms with van der Waals surface area (Å²) in [6.45, 7) is 5.34. The summed E-state index contributed by atoms with van der Waals surface area (Å²) < 4.78 is 11.4. The molecule has 0 aromatic heterocycles. The molecule has 0 saturated heterocycles. The fraction of sp³-hybridized carbons (Fsp3) is 0.364. The van der Waals surface area contributed by atoms with Gasteiger partial charge < -0.3 is 19.7 Å². The maximum absolute atomic E-state index is 13.1. The van der Waals surface area contributed by atoms with Crippen molar-refractivity contribution in [1.29, 1.82) is 0 Å². The smallest absolute Gasteiger partial charge is 0.225 e. The molecule has 154 valence electrons. The van der Waals surface area contributed by atoms with Crippen LogP contribution >= 0.6 is 11.6 Å². The third-order valence-corrected chi connectivity index (χ3v) is 5.02. The molecule has 0 radical (unpaired) electrons.